The molecule has 4 nitrogen and oxygen atoms in total. The molecular weight excluding hydrogens is 194 g/mol. The number of aliphatic hydroxyl groups excluding tert-OH is 1. The molecule has 0 saturated heterocycles. The van der Waals surface area contributed by atoms with Crippen molar-refractivity contribution < 1.29 is 18.6 Å². The van der Waals surface area contributed by atoms with E-state index in [1.54, 1.807) is 0 Å². The molecule has 0 aliphatic heterocycles. The number of hydrogen-bond donors (Lipinski definition) is 3. The second kappa shape index (κ2) is 5.43. The third kappa shape index (κ3) is 3.61. The quantitative estimate of drug-likeness (QED) is 0.458. The minimum Gasteiger partial charge on any atom is -0.482 e. The first-order valence-electron chi connectivity index (χ1n) is 3.87. The lowest BCUT2D eigenvalue weighted by atomic mass is 10.1. The highest BCUT2D eigenvalue weighted by atomic mass is 19.3. The average molecular weight is 208 g/mol. The lowest BCUT2D eigenvalue weighted by molar-refractivity contribution is 0.186. The van der Waals surface area contributed by atoms with Crippen molar-refractivity contribution in [3.63, 3.8) is 0 Å². The first-order valence-corrected chi connectivity index (χ1v) is 3.87. The van der Waals surface area contributed by atoms with Crippen LogP contribution in [0.15, 0.2) is 23.2 Å². The van der Waals surface area contributed by atoms with E-state index in [4.69, 9.17) is 11.5 Å². The molecule has 0 aliphatic carbocycles. The Bertz CT molecular complexity index is 250. The van der Waals surface area contributed by atoms with Crippen LogP contribution in [-0.4, -0.2) is 24.7 Å². The number of halogens is 2. The number of alkyl halides is 2. The number of rotatable bonds is 4. The molecule has 0 aliphatic rings. The van der Waals surface area contributed by atoms with E-state index < -0.39 is 18.2 Å². The summed E-state index contributed by atoms with van der Waals surface area (Å²) in [7, 11) is 1.27. The summed E-state index contributed by atoms with van der Waals surface area (Å²) in [4.78, 5) is 0. The Hall–Kier alpha value is -1.30. The maximum absolute atomic E-state index is 12.0. The molecule has 0 bridgehead atoms. The number of hydrogen-bond acceptors (Lipinski definition) is 4. The molecule has 0 aromatic rings. The number of methoxy groups -OCH3 is 1. The van der Waals surface area contributed by atoms with E-state index in [1.807, 2.05) is 0 Å². The zero-order chi connectivity index (χ0) is 11.3. The molecule has 0 heterocycles. The van der Waals surface area contributed by atoms with Gasteiger partial charge in [-0.15, -0.1) is 0 Å². The Morgan fingerprint density at radius 2 is 1.93 bits per heavy atom. The van der Waals surface area contributed by atoms with Crippen LogP contribution in [0.5, 0.6) is 0 Å². The van der Waals surface area contributed by atoms with E-state index in [2.05, 4.69) is 4.74 Å². The predicted molar refractivity (Wildman–Crippen MR) is 48.2 cm³/mol. The van der Waals surface area contributed by atoms with Gasteiger partial charge in [-0.1, -0.05) is 0 Å². The van der Waals surface area contributed by atoms with Gasteiger partial charge >= 0.3 is 0 Å². The molecule has 6 heteroatoms. The van der Waals surface area contributed by atoms with Crippen molar-refractivity contribution >= 4 is 0 Å². The molecule has 1 atom stereocenters. The summed E-state index contributed by atoms with van der Waals surface area (Å²) in [6.07, 6.45) is -2.89. The topological polar surface area (TPSA) is 81.5 Å². The van der Waals surface area contributed by atoms with Crippen LogP contribution in [0.25, 0.3) is 0 Å². The minimum atomic E-state index is -2.78. The first kappa shape index (κ1) is 12.7. The summed E-state index contributed by atoms with van der Waals surface area (Å²) in [5.41, 5.74) is 9.69. The van der Waals surface area contributed by atoms with Crippen LogP contribution in [0.1, 0.15) is 6.92 Å². The molecule has 0 rings (SSSR count). The van der Waals surface area contributed by atoms with Crippen LogP contribution in [0.4, 0.5) is 8.78 Å². The zero-order valence-electron chi connectivity index (χ0n) is 8.00. The van der Waals surface area contributed by atoms with Crippen molar-refractivity contribution in [1.29, 1.82) is 0 Å². The minimum absolute atomic E-state index is 0.0327. The molecule has 0 spiro atoms. The van der Waals surface area contributed by atoms with Gasteiger partial charge in [0, 0.05) is 5.57 Å². The van der Waals surface area contributed by atoms with E-state index in [1.165, 1.54) is 14.0 Å². The molecule has 0 radical (unpaired) electrons. The molecule has 5 N–H and O–H groups in total. The lowest BCUT2D eigenvalue weighted by Gasteiger charge is -2.10. The van der Waals surface area contributed by atoms with Crippen LogP contribution in [0.2, 0.25) is 0 Å². The zero-order valence-corrected chi connectivity index (χ0v) is 8.00. The van der Waals surface area contributed by atoms with Crippen LogP contribution in [0.3, 0.4) is 0 Å². The summed E-state index contributed by atoms with van der Waals surface area (Å²) >= 11 is 0. The van der Waals surface area contributed by atoms with Gasteiger partial charge in [0.1, 0.15) is 0 Å². The van der Waals surface area contributed by atoms with Crippen molar-refractivity contribution in [3.8, 4) is 0 Å². The molecule has 82 valence electrons. The van der Waals surface area contributed by atoms with Gasteiger partial charge in [0.25, 0.3) is 6.43 Å². The SMILES string of the molecule is CO/C(N)=C(/C=C(\N)C(F)F)C(C)O. The standard InChI is InChI=1S/C8H14F2N2O2/c1-4(13)5(8(12)14-2)3-6(11)7(9)10/h3-4,7,13H,11-12H2,1-2H3/b6-3-,8-5-. The maximum atomic E-state index is 12.0. The molecule has 0 saturated carbocycles. The number of ether oxygens (including phenoxy) is 1. The Labute approximate surface area is 80.8 Å². The highest BCUT2D eigenvalue weighted by molar-refractivity contribution is 5.28. The smallest absolute Gasteiger partial charge is 0.277 e. The Kier molecular flexibility index (Phi) is 4.93. The van der Waals surface area contributed by atoms with E-state index in [-0.39, 0.29) is 11.5 Å². The molecular formula is C8H14F2N2O2. The van der Waals surface area contributed by atoms with E-state index >= 15 is 0 Å². The van der Waals surface area contributed by atoms with Crippen molar-refractivity contribution in [2.75, 3.05) is 7.11 Å². The largest absolute Gasteiger partial charge is 0.482 e. The monoisotopic (exact) mass is 208 g/mol. The van der Waals surface area contributed by atoms with Gasteiger partial charge in [0.2, 0.25) is 0 Å². The highest BCUT2D eigenvalue weighted by Gasteiger charge is 2.13. The number of allylic oxidation sites excluding steroid dienone is 1. The normalized spacial score (nSPS) is 16.6. The summed E-state index contributed by atoms with van der Waals surface area (Å²) < 4.78 is 28.7. The Morgan fingerprint density at radius 3 is 2.21 bits per heavy atom. The molecule has 0 aromatic carbocycles. The second-order valence-corrected chi connectivity index (χ2v) is 2.64. The third-order valence-electron chi connectivity index (χ3n) is 1.53. The van der Waals surface area contributed by atoms with Gasteiger partial charge < -0.3 is 21.3 Å². The summed E-state index contributed by atoms with van der Waals surface area (Å²) in [5.74, 6) is -0.136. The predicted octanol–water partition coefficient (Wildman–Crippen LogP) is 0.292. The fourth-order valence-electron chi connectivity index (χ4n) is 0.758. The molecule has 14 heavy (non-hydrogen) atoms. The van der Waals surface area contributed by atoms with E-state index in [0.717, 1.165) is 6.08 Å². The van der Waals surface area contributed by atoms with Crippen LogP contribution in [-0.2, 0) is 4.74 Å². The molecule has 0 aromatic heterocycles. The summed E-state index contributed by atoms with van der Waals surface area (Å²) in [6.45, 7) is 1.37. The van der Waals surface area contributed by atoms with Gasteiger partial charge in [0.15, 0.2) is 5.88 Å². The molecule has 0 fully saturated rings. The van der Waals surface area contributed by atoms with Crippen molar-refractivity contribution in [3.05, 3.63) is 23.2 Å². The Morgan fingerprint density at radius 1 is 1.43 bits per heavy atom. The van der Waals surface area contributed by atoms with Crippen LogP contribution in [0, 0.1) is 0 Å². The van der Waals surface area contributed by atoms with Crippen molar-refractivity contribution in [2.45, 2.75) is 19.5 Å². The van der Waals surface area contributed by atoms with E-state index in [0.29, 0.717) is 0 Å². The fourth-order valence-corrected chi connectivity index (χ4v) is 0.758. The van der Waals surface area contributed by atoms with Crippen LogP contribution >= 0.6 is 0 Å². The van der Waals surface area contributed by atoms with Gasteiger partial charge in [-0.2, -0.15) is 0 Å². The third-order valence-corrected chi connectivity index (χ3v) is 1.53. The second-order valence-electron chi connectivity index (χ2n) is 2.64. The first-order chi connectivity index (χ1) is 6.40. The molecule has 0 amide bonds. The summed E-state index contributed by atoms with van der Waals surface area (Å²) in [6, 6.07) is 0. The fraction of sp³-hybridized carbons (Fsp3) is 0.500. The maximum Gasteiger partial charge on any atom is 0.277 e. The average Bonchev–Trinajstić information content (AvgIpc) is 2.11. The van der Waals surface area contributed by atoms with Gasteiger partial charge in [-0.05, 0) is 13.0 Å². The van der Waals surface area contributed by atoms with Gasteiger partial charge in [0.05, 0.1) is 18.9 Å². The van der Waals surface area contributed by atoms with Gasteiger partial charge in [-0.25, -0.2) is 8.78 Å². The van der Waals surface area contributed by atoms with Crippen molar-refractivity contribution in [2.24, 2.45) is 11.5 Å². The summed E-state index contributed by atoms with van der Waals surface area (Å²) in [5, 5.41) is 9.18. The van der Waals surface area contributed by atoms with Gasteiger partial charge in [-0.3, -0.25) is 0 Å². The lowest BCUT2D eigenvalue weighted by Crippen LogP contribution is -2.16. The highest BCUT2D eigenvalue weighted by Crippen LogP contribution is 2.12. The number of nitrogens with two attached hydrogens (primary N) is 2. The molecule has 1 unspecified atom stereocenters. The van der Waals surface area contributed by atoms with Crippen molar-refractivity contribution in [1.82, 2.24) is 0 Å². The van der Waals surface area contributed by atoms with E-state index in [9.17, 15) is 13.9 Å². The Balaban J connectivity index is 4.98. The number of aliphatic hydroxyl groups is 1. The van der Waals surface area contributed by atoms with Crippen LogP contribution < -0.4 is 11.5 Å².